The zero-order valence-corrected chi connectivity index (χ0v) is 18.5. The molecule has 0 spiro atoms. The Morgan fingerprint density at radius 2 is 1.81 bits per heavy atom. The van der Waals surface area contributed by atoms with Crippen molar-refractivity contribution in [2.75, 3.05) is 25.5 Å². The number of hydrogen-bond acceptors (Lipinski definition) is 6. The fraction of sp³-hybridized carbons (Fsp3) is 0.304. The van der Waals surface area contributed by atoms with Gasteiger partial charge in [0.1, 0.15) is 22.3 Å². The summed E-state index contributed by atoms with van der Waals surface area (Å²) in [6, 6.07) is 16.8. The smallest absolute Gasteiger partial charge is 0.246 e. The van der Waals surface area contributed by atoms with Gasteiger partial charge in [-0.25, -0.2) is 18.4 Å². The lowest BCUT2D eigenvalue weighted by Gasteiger charge is -2.31. The maximum atomic E-state index is 13.2. The highest BCUT2D eigenvalue weighted by molar-refractivity contribution is 7.89. The van der Waals surface area contributed by atoms with Gasteiger partial charge in [-0.05, 0) is 61.7 Å². The van der Waals surface area contributed by atoms with Gasteiger partial charge in [-0.3, -0.25) is 0 Å². The molecule has 0 radical (unpaired) electrons. The molecule has 1 aliphatic rings. The van der Waals surface area contributed by atoms with E-state index in [1.54, 1.807) is 22.6 Å². The second-order valence-electron chi connectivity index (χ2n) is 7.62. The van der Waals surface area contributed by atoms with E-state index >= 15 is 0 Å². The van der Waals surface area contributed by atoms with E-state index < -0.39 is 10.0 Å². The SMILES string of the molecule is COc1ccc(C)cc1S(=O)(=O)N1CCC(c2cccc(Nc3ccccn3)n2)CC1. The monoisotopic (exact) mass is 438 g/mol. The average Bonchev–Trinajstić information content (AvgIpc) is 2.80. The Morgan fingerprint density at radius 3 is 2.52 bits per heavy atom. The van der Waals surface area contributed by atoms with Crippen molar-refractivity contribution in [2.24, 2.45) is 0 Å². The first-order valence-corrected chi connectivity index (χ1v) is 11.7. The van der Waals surface area contributed by atoms with Crippen LogP contribution < -0.4 is 10.1 Å². The molecule has 3 aromatic rings. The summed E-state index contributed by atoms with van der Waals surface area (Å²) in [6.45, 7) is 2.77. The van der Waals surface area contributed by atoms with Gasteiger partial charge in [0.25, 0.3) is 0 Å². The molecule has 0 aliphatic carbocycles. The van der Waals surface area contributed by atoms with Crippen molar-refractivity contribution in [2.45, 2.75) is 30.6 Å². The maximum Gasteiger partial charge on any atom is 0.246 e. The van der Waals surface area contributed by atoms with Crippen LogP contribution in [0.15, 0.2) is 65.7 Å². The number of aromatic nitrogens is 2. The predicted octanol–water partition coefficient (Wildman–Crippen LogP) is 4.11. The van der Waals surface area contributed by atoms with E-state index in [0.29, 0.717) is 31.7 Å². The molecule has 0 amide bonds. The van der Waals surface area contributed by atoms with Crippen LogP contribution in [0.25, 0.3) is 0 Å². The van der Waals surface area contributed by atoms with Crippen molar-refractivity contribution in [1.29, 1.82) is 0 Å². The van der Waals surface area contributed by atoms with E-state index in [4.69, 9.17) is 9.72 Å². The van der Waals surface area contributed by atoms with Gasteiger partial charge < -0.3 is 10.1 Å². The molecule has 4 rings (SSSR count). The summed E-state index contributed by atoms with van der Waals surface area (Å²) in [6.07, 6.45) is 3.16. The number of benzene rings is 1. The molecule has 31 heavy (non-hydrogen) atoms. The minimum absolute atomic E-state index is 0.205. The molecule has 1 fully saturated rings. The average molecular weight is 439 g/mol. The lowest BCUT2D eigenvalue weighted by atomic mass is 9.94. The number of hydrogen-bond donors (Lipinski definition) is 1. The third kappa shape index (κ3) is 4.70. The van der Waals surface area contributed by atoms with Crippen molar-refractivity contribution >= 4 is 21.7 Å². The number of nitrogens with one attached hydrogen (secondary N) is 1. The standard InChI is InChI=1S/C23H26N4O3S/c1-17-9-10-20(30-2)21(16-17)31(28,29)27-14-11-18(12-15-27)19-6-5-8-23(25-19)26-22-7-3-4-13-24-22/h3-10,13,16,18H,11-12,14-15H2,1-2H3,(H,24,25,26). The summed E-state index contributed by atoms with van der Waals surface area (Å²) in [5.41, 5.74) is 1.85. The second-order valence-corrected chi connectivity index (χ2v) is 9.53. The van der Waals surface area contributed by atoms with Gasteiger partial charge in [0, 0.05) is 30.9 Å². The predicted molar refractivity (Wildman–Crippen MR) is 120 cm³/mol. The topological polar surface area (TPSA) is 84.4 Å². The molecule has 3 heterocycles. The normalized spacial score (nSPS) is 15.5. The van der Waals surface area contributed by atoms with Crippen LogP contribution in [-0.2, 0) is 10.0 Å². The Morgan fingerprint density at radius 1 is 1.03 bits per heavy atom. The molecule has 0 saturated carbocycles. The Labute approximate surface area is 183 Å². The molecule has 0 bridgehead atoms. The van der Waals surface area contributed by atoms with Crippen molar-refractivity contribution in [1.82, 2.24) is 14.3 Å². The molecule has 0 unspecified atom stereocenters. The number of methoxy groups -OCH3 is 1. The molecule has 7 nitrogen and oxygen atoms in total. The molecule has 8 heteroatoms. The summed E-state index contributed by atoms with van der Waals surface area (Å²) >= 11 is 0. The van der Waals surface area contributed by atoms with E-state index in [-0.39, 0.29) is 10.8 Å². The van der Waals surface area contributed by atoms with E-state index in [1.165, 1.54) is 7.11 Å². The van der Waals surface area contributed by atoms with Crippen molar-refractivity contribution in [3.8, 4) is 5.75 Å². The highest BCUT2D eigenvalue weighted by atomic mass is 32.2. The Kier molecular flexibility index (Phi) is 6.20. The van der Waals surface area contributed by atoms with Crippen LogP contribution in [0.4, 0.5) is 11.6 Å². The first-order valence-electron chi connectivity index (χ1n) is 10.3. The van der Waals surface area contributed by atoms with Gasteiger partial charge in [-0.15, -0.1) is 0 Å². The molecule has 1 saturated heterocycles. The maximum absolute atomic E-state index is 13.2. The quantitative estimate of drug-likeness (QED) is 0.624. The minimum atomic E-state index is -3.61. The fourth-order valence-electron chi connectivity index (χ4n) is 3.83. The molecular formula is C23H26N4O3S. The first-order chi connectivity index (χ1) is 15.0. The van der Waals surface area contributed by atoms with Gasteiger partial charge in [-0.1, -0.05) is 18.2 Å². The van der Waals surface area contributed by atoms with Gasteiger partial charge in [-0.2, -0.15) is 4.31 Å². The lowest BCUT2D eigenvalue weighted by molar-refractivity contribution is 0.315. The van der Waals surface area contributed by atoms with Gasteiger partial charge >= 0.3 is 0 Å². The summed E-state index contributed by atoms with van der Waals surface area (Å²) in [5.74, 6) is 2.05. The van der Waals surface area contributed by atoms with Crippen LogP contribution in [0.2, 0.25) is 0 Å². The summed E-state index contributed by atoms with van der Waals surface area (Å²) in [4.78, 5) is 9.23. The number of aryl methyl sites for hydroxylation is 1. The number of pyridine rings is 2. The second kappa shape index (κ2) is 9.03. The van der Waals surface area contributed by atoms with Gasteiger partial charge in [0.2, 0.25) is 10.0 Å². The summed E-state index contributed by atoms with van der Waals surface area (Å²) < 4.78 is 33.3. The molecule has 162 valence electrons. The van der Waals surface area contributed by atoms with Crippen molar-refractivity contribution in [3.05, 3.63) is 72.1 Å². The molecular weight excluding hydrogens is 412 g/mol. The van der Waals surface area contributed by atoms with Crippen LogP contribution >= 0.6 is 0 Å². The number of anilines is 2. The number of sulfonamides is 1. The minimum Gasteiger partial charge on any atom is -0.495 e. The number of ether oxygens (including phenoxy) is 1. The van der Waals surface area contributed by atoms with Crippen LogP contribution in [0.3, 0.4) is 0 Å². The Hall–Kier alpha value is -2.97. The van der Waals surface area contributed by atoms with Gasteiger partial charge in [0.05, 0.1) is 7.11 Å². The largest absolute Gasteiger partial charge is 0.495 e. The third-order valence-corrected chi connectivity index (χ3v) is 7.42. The van der Waals surface area contributed by atoms with Crippen LogP contribution in [0, 0.1) is 6.92 Å². The lowest BCUT2D eigenvalue weighted by Crippen LogP contribution is -2.38. The summed E-state index contributed by atoms with van der Waals surface area (Å²) in [5, 5.41) is 3.21. The van der Waals surface area contributed by atoms with E-state index in [1.807, 2.05) is 49.4 Å². The van der Waals surface area contributed by atoms with Crippen molar-refractivity contribution < 1.29 is 13.2 Å². The fourth-order valence-corrected chi connectivity index (χ4v) is 5.54. The van der Waals surface area contributed by atoms with Crippen LogP contribution in [-0.4, -0.2) is 42.9 Å². The highest BCUT2D eigenvalue weighted by Gasteiger charge is 2.32. The van der Waals surface area contributed by atoms with E-state index in [0.717, 1.165) is 22.9 Å². The molecule has 1 aromatic carbocycles. The number of rotatable bonds is 6. The molecule has 0 atom stereocenters. The third-order valence-electron chi connectivity index (χ3n) is 5.50. The van der Waals surface area contributed by atoms with Gasteiger partial charge in [0.15, 0.2) is 0 Å². The zero-order valence-electron chi connectivity index (χ0n) is 17.7. The van der Waals surface area contributed by atoms with Crippen LogP contribution in [0.5, 0.6) is 5.75 Å². The molecule has 2 aromatic heterocycles. The molecule has 1 aliphatic heterocycles. The van der Waals surface area contributed by atoms with Crippen molar-refractivity contribution in [3.63, 3.8) is 0 Å². The summed E-state index contributed by atoms with van der Waals surface area (Å²) in [7, 11) is -2.12. The Bertz CT molecular complexity index is 1140. The number of nitrogens with zero attached hydrogens (tertiary/aromatic N) is 3. The highest BCUT2D eigenvalue weighted by Crippen LogP contribution is 2.33. The zero-order chi connectivity index (χ0) is 21.8. The van der Waals surface area contributed by atoms with Crippen LogP contribution in [0.1, 0.15) is 30.0 Å². The number of piperidine rings is 1. The first kappa shape index (κ1) is 21.3. The van der Waals surface area contributed by atoms with E-state index in [9.17, 15) is 8.42 Å². The molecule has 1 N–H and O–H groups in total. The Balaban J connectivity index is 1.47. The van der Waals surface area contributed by atoms with E-state index in [2.05, 4.69) is 10.3 Å².